The van der Waals surface area contributed by atoms with E-state index in [-0.39, 0.29) is 16.3 Å². The summed E-state index contributed by atoms with van der Waals surface area (Å²) in [4.78, 5) is 12.0. The van der Waals surface area contributed by atoms with Gasteiger partial charge in [-0.3, -0.25) is 4.79 Å². The topological polar surface area (TPSA) is 38.3 Å². The molecule has 1 aromatic rings. The molecule has 0 saturated heterocycles. The average Bonchev–Trinajstić information content (AvgIpc) is 2.90. The minimum absolute atomic E-state index is 0.0347. The fraction of sp³-hybridized carbons (Fsp3) is 0.500. The molecule has 1 N–H and O–H groups in total. The number of carbonyl (C=O) groups is 1. The summed E-state index contributed by atoms with van der Waals surface area (Å²) in [7, 11) is 0. The Bertz CT molecular complexity index is 444. The van der Waals surface area contributed by atoms with Crippen molar-refractivity contribution in [3.8, 4) is 5.75 Å². The first-order chi connectivity index (χ1) is 8.41. The van der Waals surface area contributed by atoms with Gasteiger partial charge in [0, 0.05) is 5.69 Å². The van der Waals surface area contributed by atoms with Gasteiger partial charge in [0.25, 0.3) is 0 Å². The molecule has 0 radical (unpaired) electrons. The number of anilines is 1. The van der Waals surface area contributed by atoms with Gasteiger partial charge in [-0.15, -0.1) is 0 Å². The number of rotatable bonds is 4. The number of nitrogens with one attached hydrogen (secondary N) is 1. The van der Waals surface area contributed by atoms with Crippen molar-refractivity contribution < 1.29 is 9.53 Å². The van der Waals surface area contributed by atoms with E-state index in [1.165, 1.54) is 0 Å². The number of carbonyl (C=O) groups excluding carboxylic acids is 1. The van der Waals surface area contributed by atoms with Gasteiger partial charge < -0.3 is 10.1 Å². The molecular formula is C14H18BrNO2. The van der Waals surface area contributed by atoms with Crippen molar-refractivity contribution in [1.29, 1.82) is 0 Å². The molecule has 0 heterocycles. The van der Waals surface area contributed by atoms with Gasteiger partial charge in [0.2, 0.25) is 5.91 Å². The Morgan fingerprint density at radius 2 is 2.00 bits per heavy atom. The highest BCUT2D eigenvalue weighted by molar-refractivity contribution is 9.10. The smallest absolute Gasteiger partial charge is 0.241 e. The SMILES string of the molecule is CC(C)Oc1ccc(NC(=O)C2(Br)CC2C)cc1. The minimum Gasteiger partial charge on any atom is -0.491 e. The highest BCUT2D eigenvalue weighted by Gasteiger charge is 2.55. The number of ether oxygens (including phenoxy) is 1. The summed E-state index contributed by atoms with van der Waals surface area (Å²) >= 11 is 3.49. The van der Waals surface area contributed by atoms with Crippen LogP contribution in [0.5, 0.6) is 5.75 Å². The summed E-state index contributed by atoms with van der Waals surface area (Å²) < 4.78 is 5.19. The van der Waals surface area contributed by atoms with Crippen LogP contribution in [-0.4, -0.2) is 16.3 Å². The summed E-state index contributed by atoms with van der Waals surface area (Å²) in [6, 6.07) is 7.46. The Kier molecular flexibility index (Phi) is 3.66. The van der Waals surface area contributed by atoms with E-state index in [4.69, 9.17) is 4.74 Å². The highest BCUT2D eigenvalue weighted by atomic mass is 79.9. The van der Waals surface area contributed by atoms with Gasteiger partial charge in [0.1, 0.15) is 10.1 Å². The van der Waals surface area contributed by atoms with Crippen LogP contribution in [0.3, 0.4) is 0 Å². The molecule has 2 unspecified atom stereocenters. The van der Waals surface area contributed by atoms with Crippen molar-refractivity contribution in [2.75, 3.05) is 5.32 Å². The second-order valence-corrected chi connectivity index (χ2v) is 6.53. The van der Waals surface area contributed by atoms with Crippen molar-refractivity contribution in [3.63, 3.8) is 0 Å². The molecule has 4 heteroatoms. The Hall–Kier alpha value is -1.03. The van der Waals surface area contributed by atoms with E-state index >= 15 is 0 Å². The first-order valence-electron chi connectivity index (χ1n) is 6.19. The molecule has 0 aromatic heterocycles. The molecule has 3 nitrogen and oxygen atoms in total. The van der Waals surface area contributed by atoms with Crippen LogP contribution in [0.2, 0.25) is 0 Å². The zero-order valence-electron chi connectivity index (χ0n) is 10.9. The van der Waals surface area contributed by atoms with E-state index in [9.17, 15) is 4.79 Å². The average molecular weight is 312 g/mol. The molecule has 0 spiro atoms. The van der Waals surface area contributed by atoms with Gasteiger partial charge in [-0.2, -0.15) is 0 Å². The molecule has 18 heavy (non-hydrogen) atoms. The maximum absolute atomic E-state index is 12.0. The third-order valence-electron chi connectivity index (χ3n) is 3.09. The first-order valence-corrected chi connectivity index (χ1v) is 6.98. The van der Waals surface area contributed by atoms with E-state index in [1.54, 1.807) is 0 Å². The van der Waals surface area contributed by atoms with E-state index < -0.39 is 0 Å². The maximum atomic E-state index is 12.0. The van der Waals surface area contributed by atoms with Gasteiger partial charge in [-0.05, 0) is 50.5 Å². The lowest BCUT2D eigenvalue weighted by Crippen LogP contribution is -2.25. The van der Waals surface area contributed by atoms with Crippen LogP contribution >= 0.6 is 15.9 Å². The quantitative estimate of drug-likeness (QED) is 0.863. The van der Waals surface area contributed by atoms with Crippen LogP contribution in [0.1, 0.15) is 27.2 Å². The van der Waals surface area contributed by atoms with Crippen LogP contribution in [-0.2, 0) is 4.79 Å². The highest BCUT2D eigenvalue weighted by Crippen LogP contribution is 2.51. The van der Waals surface area contributed by atoms with E-state index in [1.807, 2.05) is 38.1 Å². The van der Waals surface area contributed by atoms with Crippen molar-refractivity contribution in [3.05, 3.63) is 24.3 Å². The monoisotopic (exact) mass is 311 g/mol. The Balaban J connectivity index is 1.96. The summed E-state index contributed by atoms with van der Waals surface area (Å²) in [6.07, 6.45) is 1.05. The second-order valence-electron chi connectivity index (χ2n) is 5.11. The van der Waals surface area contributed by atoms with Crippen molar-refractivity contribution in [2.24, 2.45) is 5.92 Å². The van der Waals surface area contributed by atoms with Gasteiger partial charge in [0.05, 0.1) is 6.10 Å². The lowest BCUT2D eigenvalue weighted by molar-refractivity contribution is -0.116. The van der Waals surface area contributed by atoms with Gasteiger partial charge in [-0.1, -0.05) is 22.9 Å². The lowest BCUT2D eigenvalue weighted by Gasteiger charge is -2.12. The molecule has 1 fully saturated rings. The predicted molar refractivity (Wildman–Crippen MR) is 76.3 cm³/mol. The van der Waals surface area contributed by atoms with Crippen molar-refractivity contribution >= 4 is 27.5 Å². The molecule has 0 aliphatic heterocycles. The fourth-order valence-corrected chi connectivity index (χ4v) is 2.41. The molecule has 1 saturated carbocycles. The van der Waals surface area contributed by atoms with E-state index in [2.05, 4.69) is 28.2 Å². The molecule has 2 atom stereocenters. The molecule has 1 amide bonds. The van der Waals surface area contributed by atoms with E-state index in [0.717, 1.165) is 17.9 Å². The van der Waals surface area contributed by atoms with Gasteiger partial charge in [-0.25, -0.2) is 0 Å². The standard InChI is InChI=1S/C14H18BrNO2/c1-9(2)18-12-6-4-11(5-7-12)16-13(17)14(15)8-10(14)3/h4-7,9-10H,8H2,1-3H3,(H,16,17). The third kappa shape index (κ3) is 2.86. The number of alkyl halides is 1. The lowest BCUT2D eigenvalue weighted by atomic mass is 10.2. The normalized spacial score (nSPS) is 25.9. The number of hydrogen-bond acceptors (Lipinski definition) is 2. The van der Waals surface area contributed by atoms with E-state index in [0.29, 0.717) is 5.92 Å². The maximum Gasteiger partial charge on any atom is 0.241 e. The summed E-state index contributed by atoms with van der Waals surface area (Å²) in [5, 5.41) is 2.91. The molecule has 1 aliphatic carbocycles. The largest absolute Gasteiger partial charge is 0.491 e. The fourth-order valence-electron chi connectivity index (χ4n) is 1.83. The Morgan fingerprint density at radius 3 is 2.44 bits per heavy atom. The minimum atomic E-state index is -0.361. The van der Waals surface area contributed by atoms with Crippen molar-refractivity contribution in [2.45, 2.75) is 37.6 Å². The van der Waals surface area contributed by atoms with Crippen LogP contribution in [0, 0.1) is 5.92 Å². The third-order valence-corrected chi connectivity index (χ3v) is 4.55. The zero-order chi connectivity index (χ0) is 13.3. The summed E-state index contributed by atoms with van der Waals surface area (Å²) in [6.45, 7) is 6.03. The zero-order valence-corrected chi connectivity index (χ0v) is 12.5. The van der Waals surface area contributed by atoms with Crippen LogP contribution < -0.4 is 10.1 Å². The number of amides is 1. The number of halogens is 1. The van der Waals surface area contributed by atoms with Gasteiger partial charge in [0.15, 0.2) is 0 Å². The Morgan fingerprint density at radius 1 is 1.44 bits per heavy atom. The molecule has 98 valence electrons. The van der Waals surface area contributed by atoms with Crippen LogP contribution in [0.15, 0.2) is 24.3 Å². The van der Waals surface area contributed by atoms with Crippen LogP contribution in [0.4, 0.5) is 5.69 Å². The molecule has 0 bridgehead atoms. The van der Waals surface area contributed by atoms with Gasteiger partial charge >= 0.3 is 0 Å². The number of hydrogen-bond donors (Lipinski definition) is 1. The summed E-state index contributed by atoms with van der Waals surface area (Å²) in [5.74, 6) is 1.25. The molecule has 1 aromatic carbocycles. The molecule has 1 aliphatic rings. The summed E-state index contributed by atoms with van der Waals surface area (Å²) in [5.41, 5.74) is 0.800. The number of benzene rings is 1. The molecule has 2 rings (SSSR count). The van der Waals surface area contributed by atoms with Crippen molar-refractivity contribution in [1.82, 2.24) is 0 Å². The molecular weight excluding hydrogens is 294 g/mol. The first kappa shape index (κ1) is 13.4. The van der Waals surface area contributed by atoms with Crippen LogP contribution in [0.25, 0.3) is 0 Å². The predicted octanol–water partition coefficient (Wildman–Crippen LogP) is 3.59. The second kappa shape index (κ2) is 4.92. The Labute approximate surface area is 116 Å².